The van der Waals surface area contributed by atoms with Crippen LogP contribution in [0.3, 0.4) is 0 Å². The fourth-order valence-corrected chi connectivity index (χ4v) is 2.95. The number of methoxy groups -OCH3 is 1. The molecule has 0 radical (unpaired) electrons. The molecule has 20 heavy (non-hydrogen) atoms. The van der Waals surface area contributed by atoms with Crippen LogP contribution in [0.5, 0.6) is 5.75 Å². The largest absolute Gasteiger partial charge is 0.497 e. The molecule has 0 aliphatic rings. The van der Waals surface area contributed by atoms with Gasteiger partial charge >= 0.3 is 0 Å². The van der Waals surface area contributed by atoms with Crippen molar-refractivity contribution in [2.75, 3.05) is 11.5 Å². The summed E-state index contributed by atoms with van der Waals surface area (Å²) in [6.45, 7) is 4.44. The third-order valence-corrected chi connectivity index (χ3v) is 4.29. The van der Waals surface area contributed by atoms with Crippen molar-refractivity contribution in [3.63, 3.8) is 0 Å². The molecule has 0 heterocycles. The molecule has 0 saturated heterocycles. The number of alkyl halides is 1. The molecule has 0 fully saturated rings. The molecule has 0 amide bonds. The van der Waals surface area contributed by atoms with Crippen LogP contribution in [-0.2, 0) is 4.74 Å². The standard InChI is InChI=1S/C17H27IO2/c1-4-5-6-7-8-14(2)20-17(13-18)15-9-11-16(19-3)12-10-15/h9-12,14,17H,4-8,13H2,1-3H3. The number of benzene rings is 1. The molecule has 0 aliphatic carbocycles. The second-order valence-electron chi connectivity index (χ2n) is 5.21. The zero-order valence-electron chi connectivity index (χ0n) is 12.9. The lowest BCUT2D eigenvalue weighted by Crippen LogP contribution is -2.15. The summed E-state index contributed by atoms with van der Waals surface area (Å²) in [5.74, 6) is 0.897. The molecule has 2 atom stereocenters. The fraction of sp³-hybridized carbons (Fsp3) is 0.647. The Hall–Kier alpha value is -0.290. The molecule has 0 N–H and O–H groups in total. The van der Waals surface area contributed by atoms with Crippen LogP contribution in [0, 0.1) is 0 Å². The number of ether oxygens (including phenoxy) is 2. The average Bonchev–Trinajstić information content (AvgIpc) is 2.49. The molecule has 0 aliphatic heterocycles. The van der Waals surface area contributed by atoms with Gasteiger partial charge in [0.2, 0.25) is 0 Å². The average molecular weight is 390 g/mol. The predicted molar refractivity (Wildman–Crippen MR) is 93.9 cm³/mol. The van der Waals surface area contributed by atoms with Gasteiger partial charge in [0.1, 0.15) is 5.75 Å². The van der Waals surface area contributed by atoms with Gasteiger partial charge in [-0.3, -0.25) is 0 Å². The fourth-order valence-electron chi connectivity index (χ4n) is 2.23. The first-order valence-corrected chi connectivity index (χ1v) is 9.09. The number of halogens is 1. The second-order valence-corrected chi connectivity index (χ2v) is 6.09. The Morgan fingerprint density at radius 3 is 2.35 bits per heavy atom. The number of unbranched alkanes of at least 4 members (excludes halogenated alkanes) is 3. The van der Waals surface area contributed by atoms with Gasteiger partial charge in [0.15, 0.2) is 0 Å². The summed E-state index contributed by atoms with van der Waals surface area (Å²) in [5.41, 5.74) is 1.24. The molecule has 114 valence electrons. The highest BCUT2D eigenvalue weighted by Crippen LogP contribution is 2.25. The van der Waals surface area contributed by atoms with Crippen molar-refractivity contribution in [3.8, 4) is 5.75 Å². The molecule has 3 heteroatoms. The Morgan fingerprint density at radius 2 is 1.80 bits per heavy atom. The number of rotatable bonds is 10. The van der Waals surface area contributed by atoms with Crippen LogP contribution in [-0.4, -0.2) is 17.6 Å². The van der Waals surface area contributed by atoms with Gasteiger partial charge in [0.05, 0.1) is 19.3 Å². The van der Waals surface area contributed by atoms with E-state index in [0.717, 1.165) is 16.6 Å². The summed E-state index contributed by atoms with van der Waals surface area (Å²) >= 11 is 2.40. The normalized spacial score (nSPS) is 14.0. The van der Waals surface area contributed by atoms with E-state index >= 15 is 0 Å². The quantitative estimate of drug-likeness (QED) is 0.296. The van der Waals surface area contributed by atoms with Crippen molar-refractivity contribution < 1.29 is 9.47 Å². The minimum atomic E-state index is 0.183. The van der Waals surface area contributed by atoms with Gasteiger partial charge in [-0.1, -0.05) is 67.3 Å². The van der Waals surface area contributed by atoms with E-state index in [9.17, 15) is 0 Å². The summed E-state index contributed by atoms with van der Waals surface area (Å²) in [7, 11) is 1.69. The van der Waals surface area contributed by atoms with Crippen molar-refractivity contribution >= 4 is 22.6 Å². The van der Waals surface area contributed by atoms with Crippen LogP contribution >= 0.6 is 22.6 Å². The molecule has 2 unspecified atom stereocenters. The Kier molecular flexibility index (Phi) is 9.27. The van der Waals surface area contributed by atoms with Crippen LogP contribution in [0.1, 0.15) is 57.6 Å². The summed E-state index contributed by atoms with van der Waals surface area (Å²) in [5, 5.41) is 0. The summed E-state index contributed by atoms with van der Waals surface area (Å²) in [4.78, 5) is 0. The van der Waals surface area contributed by atoms with E-state index in [1.165, 1.54) is 31.2 Å². The SMILES string of the molecule is CCCCCCC(C)OC(CI)c1ccc(OC)cc1. The second kappa shape index (κ2) is 10.4. The van der Waals surface area contributed by atoms with Crippen molar-refractivity contribution in [1.82, 2.24) is 0 Å². The maximum Gasteiger partial charge on any atom is 0.118 e. The Bertz CT molecular complexity index is 351. The molecule has 1 rings (SSSR count). The highest BCUT2D eigenvalue weighted by atomic mass is 127. The van der Waals surface area contributed by atoms with Crippen molar-refractivity contribution in [1.29, 1.82) is 0 Å². The predicted octanol–water partition coefficient (Wildman–Crippen LogP) is 5.55. The minimum absolute atomic E-state index is 0.183. The van der Waals surface area contributed by atoms with Gasteiger partial charge in [-0.25, -0.2) is 0 Å². The summed E-state index contributed by atoms with van der Waals surface area (Å²) in [6, 6.07) is 8.21. The van der Waals surface area contributed by atoms with Crippen LogP contribution in [0.25, 0.3) is 0 Å². The van der Waals surface area contributed by atoms with E-state index in [-0.39, 0.29) is 6.10 Å². The zero-order chi connectivity index (χ0) is 14.8. The lowest BCUT2D eigenvalue weighted by Gasteiger charge is -2.21. The van der Waals surface area contributed by atoms with Crippen LogP contribution in [0.2, 0.25) is 0 Å². The molecule has 1 aromatic carbocycles. The maximum atomic E-state index is 6.19. The summed E-state index contributed by atoms with van der Waals surface area (Å²) in [6.07, 6.45) is 6.88. The first-order valence-electron chi connectivity index (χ1n) is 7.56. The monoisotopic (exact) mass is 390 g/mol. The van der Waals surface area contributed by atoms with Gasteiger partial charge in [0, 0.05) is 4.43 Å². The summed E-state index contributed by atoms with van der Waals surface area (Å²) < 4.78 is 12.4. The molecule has 0 aromatic heterocycles. The molecule has 0 spiro atoms. The molecule has 0 saturated carbocycles. The first-order chi connectivity index (χ1) is 9.71. The van der Waals surface area contributed by atoms with Crippen molar-refractivity contribution in [2.45, 2.75) is 58.2 Å². The van der Waals surface area contributed by atoms with Crippen molar-refractivity contribution in [3.05, 3.63) is 29.8 Å². The van der Waals surface area contributed by atoms with Gasteiger partial charge in [-0.05, 0) is 31.0 Å². The third kappa shape index (κ3) is 6.44. The van der Waals surface area contributed by atoms with E-state index in [0.29, 0.717) is 6.10 Å². The van der Waals surface area contributed by atoms with E-state index in [2.05, 4.69) is 48.6 Å². The number of hydrogen-bond acceptors (Lipinski definition) is 2. The Morgan fingerprint density at radius 1 is 1.10 bits per heavy atom. The third-order valence-electron chi connectivity index (χ3n) is 3.49. The van der Waals surface area contributed by atoms with Gasteiger partial charge in [0.25, 0.3) is 0 Å². The van der Waals surface area contributed by atoms with E-state index in [1.54, 1.807) is 7.11 Å². The molecule has 1 aromatic rings. The number of hydrogen-bond donors (Lipinski definition) is 0. The lowest BCUT2D eigenvalue weighted by atomic mass is 10.1. The van der Waals surface area contributed by atoms with Gasteiger partial charge in [-0.15, -0.1) is 0 Å². The highest BCUT2D eigenvalue weighted by Gasteiger charge is 2.14. The van der Waals surface area contributed by atoms with Gasteiger partial charge < -0.3 is 9.47 Å². The molecular formula is C17H27IO2. The molecule has 2 nitrogen and oxygen atoms in total. The van der Waals surface area contributed by atoms with Crippen LogP contribution in [0.4, 0.5) is 0 Å². The Balaban J connectivity index is 2.44. The zero-order valence-corrected chi connectivity index (χ0v) is 15.1. The van der Waals surface area contributed by atoms with Crippen molar-refractivity contribution in [2.24, 2.45) is 0 Å². The van der Waals surface area contributed by atoms with Gasteiger partial charge in [-0.2, -0.15) is 0 Å². The van der Waals surface area contributed by atoms with Crippen LogP contribution in [0.15, 0.2) is 24.3 Å². The topological polar surface area (TPSA) is 18.5 Å². The molecule has 0 bridgehead atoms. The minimum Gasteiger partial charge on any atom is -0.497 e. The van der Waals surface area contributed by atoms with E-state index in [4.69, 9.17) is 9.47 Å². The highest BCUT2D eigenvalue weighted by molar-refractivity contribution is 14.1. The first kappa shape index (κ1) is 17.8. The van der Waals surface area contributed by atoms with E-state index < -0.39 is 0 Å². The smallest absolute Gasteiger partial charge is 0.118 e. The maximum absolute atomic E-state index is 6.19. The Labute approximate surface area is 137 Å². The van der Waals surface area contributed by atoms with Crippen LogP contribution < -0.4 is 4.74 Å². The van der Waals surface area contributed by atoms with E-state index in [1.807, 2.05) is 12.1 Å². The lowest BCUT2D eigenvalue weighted by molar-refractivity contribution is 0.00581. The molecular weight excluding hydrogens is 363 g/mol.